The smallest absolute Gasteiger partial charge is 0.133 e. The van der Waals surface area contributed by atoms with Gasteiger partial charge in [-0.15, -0.1) is 0 Å². The van der Waals surface area contributed by atoms with Crippen LogP contribution >= 0.6 is 0 Å². The molecule has 0 heterocycles. The van der Waals surface area contributed by atoms with Gasteiger partial charge in [0.15, 0.2) is 0 Å². The van der Waals surface area contributed by atoms with Crippen molar-refractivity contribution in [1.82, 2.24) is 0 Å². The summed E-state index contributed by atoms with van der Waals surface area (Å²) in [5.41, 5.74) is 7.56. The molecule has 0 bridgehead atoms. The molecule has 2 N–H and O–H groups in total. The van der Waals surface area contributed by atoms with Crippen LogP contribution in [-0.2, 0) is 6.42 Å². The monoisotopic (exact) mass is 287 g/mol. The number of benzene rings is 2. The van der Waals surface area contributed by atoms with E-state index in [0.29, 0.717) is 29.4 Å². The number of rotatable bonds is 5. The van der Waals surface area contributed by atoms with E-state index in [-0.39, 0.29) is 11.9 Å². The number of hydrogen-bond donors (Lipinski definition) is 1. The molecule has 0 radical (unpaired) electrons. The highest BCUT2D eigenvalue weighted by atomic mass is 19.1. The van der Waals surface area contributed by atoms with E-state index < -0.39 is 0 Å². The zero-order valence-corrected chi connectivity index (χ0v) is 12.8. The lowest BCUT2D eigenvalue weighted by Gasteiger charge is -2.14. The topological polar surface area (TPSA) is 35.2 Å². The second kappa shape index (κ2) is 6.72. The van der Waals surface area contributed by atoms with Gasteiger partial charge in [-0.05, 0) is 49.1 Å². The van der Waals surface area contributed by atoms with Crippen molar-refractivity contribution < 1.29 is 9.13 Å². The van der Waals surface area contributed by atoms with E-state index in [4.69, 9.17) is 10.5 Å². The Morgan fingerprint density at radius 1 is 1.05 bits per heavy atom. The van der Waals surface area contributed by atoms with Gasteiger partial charge in [0, 0.05) is 11.6 Å². The third-order valence-corrected chi connectivity index (χ3v) is 3.38. The average Bonchev–Trinajstić information content (AvgIpc) is 2.43. The second-order valence-electron chi connectivity index (χ2n) is 5.72. The Bertz CT molecular complexity index is 591. The summed E-state index contributed by atoms with van der Waals surface area (Å²) in [5.74, 6) is 1.44. The fourth-order valence-electron chi connectivity index (χ4n) is 2.20. The maximum atomic E-state index is 13.9. The van der Waals surface area contributed by atoms with Gasteiger partial charge in [-0.3, -0.25) is 0 Å². The summed E-state index contributed by atoms with van der Waals surface area (Å²) in [7, 11) is 0. The van der Waals surface area contributed by atoms with E-state index in [1.165, 1.54) is 11.6 Å². The maximum absolute atomic E-state index is 13.9. The SMILES string of the molecule is CC(N)Cc1c(F)cccc1Oc1ccc(C(C)C)cc1. The molecule has 2 nitrogen and oxygen atoms in total. The molecule has 112 valence electrons. The first-order valence-electron chi connectivity index (χ1n) is 7.28. The van der Waals surface area contributed by atoms with Crippen LogP contribution in [0.5, 0.6) is 11.5 Å². The summed E-state index contributed by atoms with van der Waals surface area (Å²) in [6, 6.07) is 12.6. The Kier molecular flexibility index (Phi) is 4.97. The highest BCUT2D eigenvalue weighted by molar-refractivity contribution is 5.40. The number of hydrogen-bond acceptors (Lipinski definition) is 2. The summed E-state index contributed by atoms with van der Waals surface area (Å²) in [6.45, 7) is 6.14. The zero-order valence-electron chi connectivity index (χ0n) is 12.8. The Balaban J connectivity index is 2.24. The van der Waals surface area contributed by atoms with Gasteiger partial charge in [0.1, 0.15) is 17.3 Å². The molecule has 0 saturated carbocycles. The van der Waals surface area contributed by atoms with Crippen LogP contribution < -0.4 is 10.5 Å². The van der Waals surface area contributed by atoms with Crippen molar-refractivity contribution in [1.29, 1.82) is 0 Å². The summed E-state index contributed by atoms with van der Waals surface area (Å²) in [6.07, 6.45) is 0.450. The van der Waals surface area contributed by atoms with Gasteiger partial charge in [0.2, 0.25) is 0 Å². The van der Waals surface area contributed by atoms with E-state index in [2.05, 4.69) is 13.8 Å². The first-order valence-corrected chi connectivity index (χ1v) is 7.28. The molecular formula is C18H22FNO. The summed E-state index contributed by atoms with van der Waals surface area (Å²) in [4.78, 5) is 0. The second-order valence-corrected chi connectivity index (χ2v) is 5.72. The van der Waals surface area contributed by atoms with Gasteiger partial charge in [0.05, 0.1) is 0 Å². The van der Waals surface area contributed by atoms with Crippen molar-refractivity contribution in [3.8, 4) is 11.5 Å². The summed E-state index contributed by atoms with van der Waals surface area (Å²) in [5, 5.41) is 0. The van der Waals surface area contributed by atoms with Crippen LogP contribution in [0.2, 0.25) is 0 Å². The normalized spacial score (nSPS) is 12.5. The van der Waals surface area contributed by atoms with Crippen LogP contribution in [0.25, 0.3) is 0 Å². The molecule has 3 heteroatoms. The molecule has 2 aromatic rings. The lowest BCUT2D eigenvalue weighted by Crippen LogP contribution is -2.19. The fourth-order valence-corrected chi connectivity index (χ4v) is 2.20. The van der Waals surface area contributed by atoms with E-state index in [9.17, 15) is 4.39 Å². The first-order chi connectivity index (χ1) is 9.97. The zero-order chi connectivity index (χ0) is 15.4. The number of halogens is 1. The number of ether oxygens (including phenoxy) is 1. The molecule has 0 saturated heterocycles. The summed E-state index contributed by atoms with van der Waals surface area (Å²) < 4.78 is 19.8. The van der Waals surface area contributed by atoms with Crippen molar-refractivity contribution in [2.24, 2.45) is 5.73 Å². The van der Waals surface area contributed by atoms with Gasteiger partial charge in [-0.25, -0.2) is 4.39 Å². The van der Waals surface area contributed by atoms with Crippen LogP contribution in [0.15, 0.2) is 42.5 Å². The van der Waals surface area contributed by atoms with E-state index in [1.54, 1.807) is 12.1 Å². The Hall–Kier alpha value is -1.87. The van der Waals surface area contributed by atoms with Crippen LogP contribution in [0.1, 0.15) is 37.8 Å². The van der Waals surface area contributed by atoms with Gasteiger partial charge < -0.3 is 10.5 Å². The average molecular weight is 287 g/mol. The van der Waals surface area contributed by atoms with E-state index in [0.717, 1.165) is 0 Å². The largest absolute Gasteiger partial charge is 0.457 e. The van der Waals surface area contributed by atoms with Crippen molar-refractivity contribution in [3.05, 3.63) is 59.4 Å². The molecule has 2 aromatic carbocycles. The first kappa shape index (κ1) is 15.5. The Labute approximate surface area is 125 Å². The Morgan fingerprint density at radius 3 is 2.29 bits per heavy atom. The molecular weight excluding hydrogens is 265 g/mol. The van der Waals surface area contributed by atoms with Crippen LogP contribution in [0.3, 0.4) is 0 Å². The predicted molar refractivity (Wildman–Crippen MR) is 84.4 cm³/mol. The van der Waals surface area contributed by atoms with Gasteiger partial charge in [-0.2, -0.15) is 0 Å². The molecule has 0 aromatic heterocycles. The van der Waals surface area contributed by atoms with Crippen molar-refractivity contribution in [2.45, 2.75) is 39.2 Å². The fraction of sp³-hybridized carbons (Fsp3) is 0.333. The highest BCUT2D eigenvalue weighted by Gasteiger charge is 2.12. The van der Waals surface area contributed by atoms with Crippen molar-refractivity contribution in [3.63, 3.8) is 0 Å². The molecule has 0 amide bonds. The lowest BCUT2D eigenvalue weighted by atomic mass is 10.0. The lowest BCUT2D eigenvalue weighted by molar-refractivity contribution is 0.463. The molecule has 1 atom stereocenters. The molecule has 0 fully saturated rings. The Morgan fingerprint density at radius 2 is 1.71 bits per heavy atom. The minimum Gasteiger partial charge on any atom is -0.457 e. The minimum absolute atomic E-state index is 0.118. The van der Waals surface area contributed by atoms with Crippen LogP contribution in [0.4, 0.5) is 4.39 Å². The molecule has 21 heavy (non-hydrogen) atoms. The summed E-state index contributed by atoms with van der Waals surface area (Å²) >= 11 is 0. The molecule has 0 spiro atoms. The molecule has 0 aliphatic carbocycles. The standard InChI is InChI=1S/C18H22FNO/c1-12(2)14-7-9-15(10-8-14)21-18-6-4-5-17(19)16(18)11-13(3)20/h4-10,12-13H,11,20H2,1-3H3. The third-order valence-electron chi connectivity index (χ3n) is 3.38. The van der Waals surface area contributed by atoms with Gasteiger partial charge in [0.25, 0.3) is 0 Å². The van der Waals surface area contributed by atoms with E-state index in [1.807, 2.05) is 31.2 Å². The minimum atomic E-state index is -0.274. The highest BCUT2D eigenvalue weighted by Crippen LogP contribution is 2.29. The number of nitrogens with two attached hydrogens (primary N) is 1. The van der Waals surface area contributed by atoms with Crippen LogP contribution in [0, 0.1) is 5.82 Å². The molecule has 0 aliphatic heterocycles. The molecule has 2 rings (SSSR count). The molecule has 0 aliphatic rings. The van der Waals surface area contributed by atoms with E-state index >= 15 is 0 Å². The van der Waals surface area contributed by atoms with Crippen molar-refractivity contribution in [2.75, 3.05) is 0 Å². The van der Waals surface area contributed by atoms with Crippen LogP contribution in [-0.4, -0.2) is 6.04 Å². The molecule has 1 unspecified atom stereocenters. The maximum Gasteiger partial charge on any atom is 0.133 e. The predicted octanol–water partition coefficient (Wildman–Crippen LogP) is 4.63. The quantitative estimate of drug-likeness (QED) is 0.870. The third kappa shape index (κ3) is 4.05. The van der Waals surface area contributed by atoms with Crippen molar-refractivity contribution >= 4 is 0 Å². The van der Waals surface area contributed by atoms with Gasteiger partial charge in [-0.1, -0.05) is 32.0 Å². The van der Waals surface area contributed by atoms with Gasteiger partial charge >= 0.3 is 0 Å².